The molecule has 0 aliphatic carbocycles. The van der Waals surface area contributed by atoms with Gasteiger partial charge in [-0.15, -0.1) is 0 Å². The third-order valence-corrected chi connectivity index (χ3v) is 7.94. The van der Waals surface area contributed by atoms with Crippen molar-refractivity contribution >= 4 is 5.70 Å². The Morgan fingerprint density at radius 2 is 1.89 bits per heavy atom. The van der Waals surface area contributed by atoms with E-state index in [4.69, 9.17) is 14.2 Å². The van der Waals surface area contributed by atoms with Crippen molar-refractivity contribution in [3.05, 3.63) is 65.3 Å². The summed E-state index contributed by atoms with van der Waals surface area (Å²) < 4.78 is 33.1. The van der Waals surface area contributed by atoms with Crippen LogP contribution in [0.5, 0.6) is 11.5 Å². The molecule has 2 heterocycles. The van der Waals surface area contributed by atoms with Crippen molar-refractivity contribution in [2.45, 2.75) is 65.8 Å². The molecule has 36 heavy (non-hydrogen) atoms. The van der Waals surface area contributed by atoms with Crippen molar-refractivity contribution in [1.29, 1.82) is 0 Å². The van der Waals surface area contributed by atoms with Crippen LogP contribution in [0, 0.1) is 11.3 Å². The first-order valence-corrected chi connectivity index (χ1v) is 12.9. The minimum atomic E-state index is -0.459. The van der Waals surface area contributed by atoms with Gasteiger partial charge >= 0.3 is 0 Å². The highest BCUT2D eigenvalue weighted by Crippen LogP contribution is 2.55. The van der Waals surface area contributed by atoms with Gasteiger partial charge < -0.3 is 24.2 Å². The first-order chi connectivity index (χ1) is 17.0. The average molecular weight is 500 g/mol. The van der Waals surface area contributed by atoms with E-state index >= 15 is 4.39 Å². The van der Waals surface area contributed by atoms with Gasteiger partial charge in [-0.3, -0.25) is 0 Å². The van der Waals surface area contributed by atoms with Gasteiger partial charge in [-0.2, -0.15) is 0 Å². The summed E-state index contributed by atoms with van der Waals surface area (Å²) in [5.74, 6) is 0.940. The van der Waals surface area contributed by atoms with Crippen LogP contribution in [-0.4, -0.2) is 43.5 Å². The van der Waals surface area contributed by atoms with Crippen LogP contribution < -0.4 is 9.47 Å². The first kappa shape index (κ1) is 27.9. The summed E-state index contributed by atoms with van der Waals surface area (Å²) in [5.41, 5.74) is 2.55. The van der Waals surface area contributed by atoms with Crippen LogP contribution in [0.4, 0.5) is 4.39 Å². The number of fused-ring (bicyclic) bond motifs is 3. The van der Waals surface area contributed by atoms with Gasteiger partial charge in [0.1, 0.15) is 5.76 Å². The van der Waals surface area contributed by atoms with Crippen molar-refractivity contribution in [2.75, 3.05) is 27.4 Å². The lowest BCUT2D eigenvalue weighted by Gasteiger charge is -2.53. The lowest BCUT2D eigenvalue weighted by atomic mass is 9.64. The molecule has 0 bridgehead atoms. The van der Waals surface area contributed by atoms with Crippen LogP contribution in [0.3, 0.4) is 0 Å². The van der Waals surface area contributed by atoms with Gasteiger partial charge in [0.15, 0.2) is 17.3 Å². The van der Waals surface area contributed by atoms with Crippen molar-refractivity contribution in [3.8, 4) is 11.5 Å². The highest BCUT2D eigenvalue weighted by molar-refractivity contribution is 5.81. The Bertz CT molecular complexity index is 1070. The molecule has 3 rings (SSSR count). The van der Waals surface area contributed by atoms with Crippen LogP contribution in [-0.2, 0) is 4.74 Å². The van der Waals surface area contributed by atoms with E-state index in [1.165, 1.54) is 0 Å². The van der Waals surface area contributed by atoms with Gasteiger partial charge in [0.05, 0.1) is 19.4 Å². The Balaban J connectivity index is 2.33. The number of nitrogens with zero attached hydrogens (tertiary/aromatic N) is 1. The SMILES string of the molecule is C=C(O)C1=CN2C(=C(F)C1=C)c1cc(OC)c(OCCCOC)cc1C(C(C)CC)C2C(C)(C)CC. The van der Waals surface area contributed by atoms with E-state index in [-0.39, 0.29) is 28.7 Å². The molecule has 6 heteroatoms. The third-order valence-electron chi connectivity index (χ3n) is 7.94. The van der Waals surface area contributed by atoms with E-state index in [1.807, 2.05) is 23.2 Å². The molecule has 0 aromatic heterocycles. The van der Waals surface area contributed by atoms with Crippen molar-refractivity contribution in [1.82, 2.24) is 4.90 Å². The smallest absolute Gasteiger partial charge is 0.161 e. The molecule has 2 aliphatic heterocycles. The third kappa shape index (κ3) is 4.93. The monoisotopic (exact) mass is 499 g/mol. The van der Waals surface area contributed by atoms with E-state index in [1.54, 1.807) is 14.2 Å². The predicted octanol–water partition coefficient (Wildman–Crippen LogP) is 7.52. The van der Waals surface area contributed by atoms with Crippen LogP contribution >= 0.6 is 0 Å². The number of allylic oxidation sites excluding steroid dienone is 2. The molecule has 1 N–H and O–H groups in total. The Morgan fingerprint density at radius 3 is 2.44 bits per heavy atom. The van der Waals surface area contributed by atoms with Crippen LogP contribution in [0.1, 0.15) is 70.9 Å². The summed E-state index contributed by atoms with van der Waals surface area (Å²) in [6.45, 7) is 19.8. The molecule has 1 aromatic rings. The van der Waals surface area contributed by atoms with Crippen LogP contribution in [0.25, 0.3) is 5.70 Å². The lowest BCUT2D eigenvalue weighted by molar-refractivity contribution is 0.108. The van der Waals surface area contributed by atoms with E-state index in [0.29, 0.717) is 41.9 Å². The predicted molar refractivity (Wildman–Crippen MR) is 144 cm³/mol. The average Bonchev–Trinajstić information content (AvgIpc) is 2.86. The molecule has 198 valence electrons. The molecule has 0 spiro atoms. The van der Waals surface area contributed by atoms with Crippen LogP contribution in [0.2, 0.25) is 0 Å². The topological polar surface area (TPSA) is 51.2 Å². The Morgan fingerprint density at radius 1 is 1.19 bits per heavy atom. The number of aliphatic hydroxyl groups excluding tert-OH is 1. The number of hydrogen-bond acceptors (Lipinski definition) is 5. The number of hydrogen-bond donors (Lipinski definition) is 1. The summed E-state index contributed by atoms with van der Waals surface area (Å²) in [4.78, 5) is 2.02. The fourth-order valence-electron chi connectivity index (χ4n) is 5.38. The number of benzene rings is 1. The number of rotatable bonds is 11. The van der Waals surface area contributed by atoms with Gasteiger partial charge in [-0.25, -0.2) is 4.39 Å². The molecule has 0 radical (unpaired) electrons. The fraction of sp³-hybridized carbons (Fsp3) is 0.533. The van der Waals surface area contributed by atoms with Crippen LogP contribution in [0.15, 0.2) is 54.2 Å². The zero-order valence-electron chi connectivity index (χ0n) is 22.9. The number of halogens is 1. The number of aliphatic hydroxyl groups is 1. The Kier molecular flexibility index (Phi) is 8.60. The first-order valence-electron chi connectivity index (χ1n) is 12.9. The minimum Gasteiger partial charge on any atom is -0.508 e. The Labute approximate surface area is 215 Å². The molecule has 3 atom stereocenters. The van der Waals surface area contributed by atoms with Crippen molar-refractivity contribution in [2.24, 2.45) is 11.3 Å². The van der Waals surface area contributed by atoms with Gasteiger partial charge in [0, 0.05) is 55.0 Å². The van der Waals surface area contributed by atoms with Crippen molar-refractivity contribution < 1.29 is 23.7 Å². The molecule has 5 nitrogen and oxygen atoms in total. The summed E-state index contributed by atoms with van der Waals surface area (Å²) in [5, 5.41) is 10.3. The van der Waals surface area contributed by atoms with E-state index < -0.39 is 5.83 Å². The van der Waals surface area contributed by atoms with E-state index in [2.05, 4.69) is 47.8 Å². The van der Waals surface area contributed by atoms with Gasteiger partial charge in [-0.1, -0.05) is 54.2 Å². The van der Waals surface area contributed by atoms with Gasteiger partial charge in [0.2, 0.25) is 0 Å². The second-order valence-corrected chi connectivity index (χ2v) is 10.5. The maximum Gasteiger partial charge on any atom is 0.161 e. The number of ether oxygens (including phenoxy) is 3. The highest BCUT2D eigenvalue weighted by Gasteiger charge is 2.49. The fourth-order valence-corrected chi connectivity index (χ4v) is 5.38. The molecule has 0 saturated carbocycles. The molecule has 1 aromatic carbocycles. The zero-order chi connectivity index (χ0) is 26.8. The summed E-state index contributed by atoms with van der Waals surface area (Å²) >= 11 is 0. The molecule has 0 saturated heterocycles. The maximum atomic E-state index is 16.2. The quantitative estimate of drug-likeness (QED) is 0.252. The summed E-state index contributed by atoms with van der Waals surface area (Å²) in [6, 6.07) is 3.86. The van der Waals surface area contributed by atoms with E-state index in [0.717, 1.165) is 30.4 Å². The second-order valence-electron chi connectivity index (χ2n) is 10.5. The molecule has 0 fully saturated rings. The standard InChI is InChI=1S/C30H42FNO4/c1-10-18(3)26-21-15-25(36-14-12-13-34-8)24(35-9)16-22(21)28-27(31)19(4)23(20(5)33)17-32(28)29(26)30(6,7)11-2/h15-18,26,29,33H,4-5,10-14H2,1-3,6-9H3. The zero-order valence-corrected chi connectivity index (χ0v) is 22.9. The largest absolute Gasteiger partial charge is 0.508 e. The summed E-state index contributed by atoms with van der Waals surface area (Å²) in [7, 11) is 3.27. The number of methoxy groups -OCH3 is 2. The Hall–Kier alpha value is -2.73. The normalized spacial score (nSPS) is 20.5. The molecule has 3 unspecified atom stereocenters. The lowest BCUT2D eigenvalue weighted by Crippen LogP contribution is -2.51. The summed E-state index contributed by atoms with van der Waals surface area (Å²) in [6.07, 6.45) is 4.43. The molecule has 0 amide bonds. The van der Waals surface area contributed by atoms with Gasteiger partial charge in [-0.05, 0) is 35.4 Å². The second kappa shape index (κ2) is 11.1. The maximum absolute atomic E-state index is 16.2. The molecular weight excluding hydrogens is 457 g/mol. The molecule has 2 aliphatic rings. The van der Waals surface area contributed by atoms with Crippen molar-refractivity contribution in [3.63, 3.8) is 0 Å². The molecular formula is C30H42FNO4. The van der Waals surface area contributed by atoms with Gasteiger partial charge in [0.25, 0.3) is 0 Å². The van der Waals surface area contributed by atoms with E-state index in [9.17, 15) is 5.11 Å². The minimum absolute atomic E-state index is 0.0668. The highest BCUT2D eigenvalue weighted by atomic mass is 19.1.